The molecule has 4 rings (SSSR count). The first-order valence-electron chi connectivity index (χ1n) is 10.7. The first-order valence-corrected chi connectivity index (χ1v) is 10.7. The summed E-state index contributed by atoms with van der Waals surface area (Å²) in [4.78, 5) is 26.2. The van der Waals surface area contributed by atoms with Crippen LogP contribution in [0.3, 0.4) is 0 Å². The molecule has 0 bridgehead atoms. The zero-order valence-corrected chi connectivity index (χ0v) is 19.6. The Balaban J connectivity index is 1.67. The number of aromatic nitrogens is 2. The molecule has 1 atom stereocenters. The van der Waals surface area contributed by atoms with Crippen LogP contribution in [-0.4, -0.2) is 42.0 Å². The van der Waals surface area contributed by atoms with Crippen LogP contribution in [0.2, 0.25) is 0 Å². The molecule has 1 aromatic heterocycles. The average molecular weight is 471 g/mol. The van der Waals surface area contributed by atoms with E-state index in [0.29, 0.717) is 16.1 Å². The van der Waals surface area contributed by atoms with E-state index in [1.807, 2.05) is 39.0 Å². The lowest BCUT2D eigenvalue weighted by molar-refractivity contribution is -0.701. The van der Waals surface area contributed by atoms with Crippen molar-refractivity contribution in [1.29, 1.82) is 0 Å². The van der Waals surface area contributed by atoms with Crippen molar-refractivity contribution in [2.45, 2.75) is 26.8 Å². The molecule has 0 radical (unpaired) electrons. The molecule has 0 spiro atoms. The van der Waals surface area contributed by atoms with Gasteiger partial charge in [-0.1, -0.05) is 38.1 Å². The molecule has 4 N–H and O–H groups in total. The summed E-state index contributed by atoms with van der Waals surface area (Å²) in [6.07, 6.45) is 0. The van der Waals surface area contributed by atoms with Crippen molar-refractivity contribution in [2.75, 3.05) is 31.5 Å². The Kier molecular flexibility index (Phi) is 5.86. The Morgan fingerprint density at radius 3 is 2.62 bits per heavy atom. The third kappa shape index (κ3) is 4.36. The molecule has 3 aromatic rings. The Morgan fingerprint density at radius 2 is 1.91 bits per heavy atom. The number of phenols is 1. The molecule has 0 fully saturated rings. The number of carbonyl (C=O) groups is 1. The van der Waals surface area contributed by atoms with Crippen molar-refractivity contribution in [2.24, 2.45) is 5.41 Å². The number of nitrogens with zero attached hydrogens (tertiary/aromatic N) is 2. The van der Waals surface area contributed by atoms with Gasteiger partial charge in [-0.2, -0.15) is 0 Å². The van der Waals surface area contributed by atoms with Gasteiger partial charge in [0, 0.05) is 14.1 Å². The van der Waals surface area contributed by atoms with Gasteiger partial charge in [0.15, 0.2) is 21.8 Å². The van der Waals surface area contributed by atoms with E-state index in [1.165, 1.54) is 11.0 Å². The molecule has 0 saturated carbocycles. The van der Waals surface area contributed by atoms with E-state index in [4.69, 9.17) is 14.1 Å². The van der Waals surface area contributed by atoms with E-state index in [1.54, 1.807) is 26.2 Å². The lowest BCUT2D eigenvalue weighted by Crippen LogP contribution is -2.29. The third-order valence-corrected chi connectivity index (χ3v) is 5.46. The lowest BCUT2D eigenvalue weighted by Gasteiger charge is -2.29. The fourth-order valence-corrected chi connectivity index (χ4v) is 3.70. The number of anilines is 3. The molecular weight excluding hydrogens is 442 g/mol. The minimum Gasteiger partial charge on any atom is -0.505 e. The summed E-state index contributed by atoms with van der Waals surface area (Å²) in [5.74, 6) is 0.938. The number of carbonyl (C=O) groups excluding carboxylic acids is 1. The van der Waals surface area contributed by atoms with Crippen molar-refractivity contribution in [1.82, 2.24) is 10.1 Å². The van der Waals surface area contributed by atoms with E-state index < -0.39 is 0 Å². The summed E-state index contributed by atoms with van der Waals surface area (Å²) in [7, 11) is 3.19. The van der Waals surface area contributed by atoms with Gasteiger partial charge in [0.1, 0.15) is 6.04 Å². The summed E-state index contributed by atoms with van der Waals surface area (Å²) in [6.45, 7) is 6.26. The van der Waals surface area contributed by atoms with Gasteiger partial charge in [-0.3, -0.25) is 10.1 Å². The van der Waals surface area contributed by atoms with Crippen LogP contribution in [-0.2, 0) is 0 Å². The molecule has 180 valence electrons. The van der Waals surface area contributed by atoms with Crippen molar-refractivity contribution in [3.05, 3.63) is 52.4 Å². The number of rotatable bonds is 6. The predicted molar refractivity (Wildman–Crippen MR) is 124 cm³/mol. The Labute approximate surface area is 195 Å². The Hall–Kier alpha value is -4.15. The van der Waals surface area contributed by atoms with E-state index in [2.05, 4.69) is 15.8 Å². The topological polar surface area (TPSA) is 135 Å². The monoisotopic (exact) mass is 470 g/mol. The second-order valence-corrected chi connectivity index (χ2v) is 9.26. The quantitative estimate of drug-likeness (QED) is 0.402. The van der Waals surface area contributed by atoms with Crippen molar-refractivity contribution in [3.8, 4) is 17.2 Å². The van der Waals surface area contributed by atoms with Crippen LogP contribution in [0, 0.1) is 10.3 Å². The summed E-state index contributed by atoms with van der Waals surface area (Å²) >= 11 is 0. The van der Waals surface area contributed by atoms with Crippen LogP contribution >= 0.6 is 0 Å². The van der Waals surface area contributed by atoms with Crippen LogP contribution in [0.25, 0.3) is 0 Å². The molecule has 2 heterocycles. The van der Waals surface area contributed by atoms with Crippen molar-refractivity contribution < 1.29 is 28.6 Å². The summed E-state index contributed by atoms with van der Waals surface area (Å²) in [5.41, 5.74) is 0.903. The van der Waals surface area contributed by atoms with Crippen LogP contribution in [0.15, 0.2) is 41.0 Å². The standard InChI is InChI=1S/C23H27N5O6/c1-23(2,3)19(13-9-10-16-17(11-13)33-12-32-16)25-21-20(26-34-28(21)31)24-15-8-6-7-14(18(15)29)22(30)27(4)5/h6-11,19H,12H2,1-5H3,(H3-,24,25,26,29,30,31)/p+1/t19-/m0/s1. The summed E-state index contributed by atoms with van der Waals surface area (Å²) in [5, 5.41) is 19.4. The lowest BCUT2D eigenvalue weighted by atomic mass is 9.82. The van der Waals surface area contributed by atoms with Crippen LogP contribution in [0.5, 0.6) is 17.2 Å². The number of para-hydroxylation sites is 1. The fourth-order valence-electron chi connectivity index (χ4n) is 3.70. The number of nitrogens with one attached hydrogen (secondary N) is 3. The maximum absolute atomic E-state index is 12.5. The minimum atomic E-state index is -0.356. The highest BCUT2D eigenvalue weighted by molar-refractivity contribution is 5.98. The maximum atomic E-state index is 12.5. The Morgan fingerprint density at radius 1 is 1.18 bits per heavy atom. The maximum Gasteiger partial charge on any atom is 0.367 e. The molecule has 1 aliphatic rings. The Bertz CT molecular complexity index is 1270. The number of aromatic amines is 1. The average Bonchev–Trinajstić information content (AvgIpc) is 3.38. The van der Waals surface area contributed by atoms with Crippen LogP contribution in [0.4, 0.5) is 17.3 Å². The molecule has 0 saturated heterocycles. The second kappa shape index (κ2) is 8.65. The molecule has 1 aliphatic heterocycles. The van der Waals surface area contributed by atoms with Gasteiger partial charge < -0.3 is 24.8 Å². The molecule has 2 aromatic carbocycles. The highest BCUT2D eigenvalue weighted by Crippen LogP contribution is 2.41. The number of aromatic hydroxyl groups is 1. The predicted octanol–water partition coefficient (Wildman–Crippen LogP) is 3.60. The number of phenolic OH excluding ortho intramolecular Hbond substituents is 1. The van der Waals surface area contributed by atoms with Gasteiger partial charge in [-0.25, -0.2) is 0 Å². The van der Waals surface area contributed by atoms with Crippen molar-refractivity contribution >= 4 is 23.2 Å². The third-order valence-electron chi connectivity index (χ3n) is 5.46. The SMILES string of the molecule is CN(C)C(=O)c1cccc(Nc2[nH]o[n+](=O)c2N[C@@H](c2ccc3c(c2)OCO3)C(C)(C)C)c1O. The number of hydrogen-bond acceptors (Lipinski definition) is 8. The summed E-state index contributed by atoms with van der Waals surface area (Å²) < 4.78 is 16.2. The number of hydrogen-bond donors (Lipinski definition) is 4. The highest BCUT2D eigenvalue weighted by Gasteiger charge is 2.34. The minimum absolute atomic E-state index is 0.0707. The van der Waals surface area contributed by atoms with E-state index in [9.17, 15) is 14.8 Å². The van der Waals surface area contributed by atoms with Gasteiger partial charge in [0.05, 0.1) is 11.3 Å². The molecule has 0 unspecified atom stereocenters. The van der Waals surface area contributed by atoms with Gasteiger partial charge in [-0.15, -0.1) is 4.63 Å². The largest absolute Gasteiger partial charge is 0.505 e. The molecule has 34 heavy (non-hydrogen) atoms. The first-order chi connectivity index (χ1) is 16.1. The van der Waals surface area contributed by atoms with Gasteiger partial charge >= 0.3 is 5.82 Å². The van der Waals surface area contributed by atoms with Gasteiger partial charge in [0.25, 0.3) is 11.7 Å². The zero-order chi connectivity index (χ0) is 24.6. The number of ether oxygens (including phenoxy) is 2. The molecule has 11 nitrogen and oxygen atoms in total. The summed E-state index contributed by atoms with van der Waals surface area (Å²) in [6, 6.07) is 10.0. The number of benzene rings is 2. The first kappa shape index (κ1) is 23.0. The van der Waals surface area contributed by atoms with E-state index >= 15 is 0 Å². The van der Waals surface area contributed by atoms with Crippen LogP contribution < -0.4 is 24.7 Å². The highest BCUT2D eigenvalue weighted by atomic mass is 16.7. The second-order valence-electron chi connectivity index (χ2n) is 9.26. The van der Waals surface area contributed by atoms with Crippen LogP contribution in [0.1, 0.15) is 42.7 Å². The van der Waals surface area contributed by atoms with E-state index in [-0.39, 0.29) is 52.8 Å². The van der Waals surface area contributed by atoms with Gasteiger partial charge in [0.2, 0.25) is 6.79 Å². The smallest absolute Gasteiger partial charge is 0.367 e. The van der Waals surface area contributed by atoms with E-state index in [0.717, 1.165) is 5.56 Å². The zero-order valence-electron chi connectivity index (χ0n) is 19.6. The van der Waals surface area contributed by atoms with Gasteiger partial charge in [-0.05, 0) is 40.2 Å². The fraction of sp³-hybridized carbons (Fsp3) is 0.348. The number of fused-ring (bicyclic) bond motifs is 1. The molecule has 11 heteroatoms. The number of amides is 1. The number of H-pyrrole nitrogens is 1. The molecule has 1 amide bonds. The molecular formula is C23H28N5O6+. The normalized spacial score (nSPS) is 13.4. The van der Waals surface area contributed by atoms with Crippen molar-refractivity contribution in [3.63, 3.8) is 0 Å². The molecule has 0 aliphatic carbocycles.